The maximum atomic E-state index is 6.18. The molecule has 0 bridgehead atoms. The normalized spacial score (nSPS) is 20.3. The van der Waals surface area contributed by atoms with Gasteiger partial charge in [-0.2, -0.15) is 0 Å². The quantitative estimate of drug-likeness (QED) is 0.799. The van der Waals surface area contributed by atoms with E-state index in [1.807, 2.05) is 0 Å². The molecule has 104 valence electrons. The summed E-state index contributed by atoms with van der Waals surface area (Å²) in [5, 5.41) is 3.45. The van der Waals surface area contributed by atoms with E-state index in [2.05, 4.69) is 65.4 Å². The third kappa shape index (κ3) is 4.08. The minimum Gasteiger partial charge on any atom is -0.486 e. The molecule has 3 heteroatoms. The van der Waals surface area contributed by atoms with Gasteiger partial charge in [-0.05, 0) is 50.9 Å². The molecular weight excluding hydrogens is 302 g/mol. The Labute approximate surface area is 124 Å². The van der Waals surface area contributed by atoms with Gasteiger partial charge in [-0.3, -0.25) is 0 Å². The Morgan fingerprint density at radius 1 is 1.47 bits per heavy atom. The summed E-state index contributed by atoms with van der Waals surface area (Å²) >= 11 is 3.53. The first-order valence-corrected chi connectivity index (χ1v) is 7.86. The molecule has 0 saturated carbocycles. The van der Waals surface area contributed by atoms with Crippen LogP contribution in [-0.2, 0) is 0 Å². The van der Waals surface area contributed by atoms with Crippen molar-refractivity contribution in [2.24, 2.45) is 0 Å². The van der Waals surface area contributed by atoms with E-state index in [1.54, 1.807) is 0 Å². The zero-order valence-corrected chi connectivity index (χ0v) is 13.2. The first kappa shape index (κ1) is 14.6. The van der Waals surface area contributed by atoms with Crippen molar-refractivity contribution in [1.82, 2.24) is 5.32 Å². The topological polar surface area (TPSA) is 21.3 Å². The molecule has 0 heterocycles. The van der Waals surface area contributed by atoms with Crippen LogP contribution in [0.1, 0.15) is 44.7 Å². The summed E-state index contributed by atoms with van der Waals surface area (Å²) in [5.74, 6) is 0.986. The predicted molar refractivity (Wildman–Crippen MR) is 83.6 cm³/mol. The minimum atomic E-state index is 0.218. The van der Waals surface area contributed by atoms with Gasteiger partial charge in [0, 0.05) is 16.1 Å². The van der Waals surface area contributed by atoms with Gasteiger partial charge in [0.2, 0.25) is 0 Å². The number of halogens is 1. The largest absolute Gasteiger partial charge is 0.486 e. The maximum Gasteiger partial charge on any atom is 0.126 e. The van der Waals surface area contributed by atoms with Crippen LogP contribution in [0.15, 0.2) is 34.8 Å². The van der Waals surface area contributed by atoms with Crippen molar-refractivity contribution in [3.05, 3.63) is 40.4 Å². The Balaban J connectivity index is 2.18. The lowest BCUT2D eigenvalue weighted by Crippen LogP contribution is -2.21. The molecule has 0 amide bonds. The van der Waals surface area contributed by atoms with Crippen molar-refractivity contribution in [1.29, 1.82) is 0 Å². The molecule has 0 aliphatic heterocycles. The van der Waals surface area contributed by atoms with Gasteiger partial charge in [0.1, 0.15) is 11.9 Å². The van der Waals surface area contributed by atoms with Gasteiger partial charge in [0.15, 0.2) is 0 Å². The Morgan fingerprint density at radius 3 is 3.00 bits per heavy atom. The molecule has 1 aliphatic rings. The predicted octanol–water partition coefficient (Wildman–Crippen LogP) is 4.61. The minimum absolute atomic E-state index is 0.218. The van der Waals surface area contributed by atoms with E-state index in [-0.39, 0.29) is 6.10 Å². The fraction of sp³-hybridized carbons (Fsp3) is 0.500. The van der Waals surface area contributed by atoms with Crippen LogP contribution in [0.3, 0.4) is 0 Å². The molecule has 0 fully saturated rings. The molecule has 0 radical (unpaired) electrons. The summed E-state index contributed by atoms with van der Waals surface area (Å²) in [4.78, 5) is 0. The monoisotopic (exact) mass is 323 g/mol. The number of nitrogens with one attached hydrogen (secondary N) is 1. The standard InChI is InChI=1S/C16H22BrNO/c1-3-18-12(2)15-10-9-13(17)11-16(15)19-14-7-5-4-6-8-14/h5,7,9-12,14,18H,3-4,6,8H2,1-2H3. The van der Waals surface area contributed by atoms with E-state index in [0.717, 1.165) is 23.2 Å². The van der Waals surface area contributed by atoms with E-state index in [4.69, 9.17) is 4.74 Å². The molecule has 2 rings (SSSR count). The maximum absolute atomic E-state index is 6.18. The van der Waals surface area contributed by atoms with Crippen LogP contribution in [0.25, 0.3) is 0 Å². The molecule has 0 saturated heterocycles. The Hall–Kier alpha value is -0.800. The van der Waals surface area contributed by atoms with Crippen molar-refractivity contribution in [3.8, 4) is 5.75 Å². The SMILES string of the molecule is CCNC(C)c1ccc(Br)cc1OC1C=CCCC1. The summed E-state index contributed by atoms with van der Waals surface area (Å²) in [6, 6.07) is 6.60. The van der Waals surface area contributed by atoms with E-state index < -0.39 is 0 Å². The molecule has 1 aromatic rings. The summed E-state index contributed by atoms with van der Waals surface area (Å²) in [6.07, 6.45) is 8.13. The van der Waals surface area contributed by atoms with Crippen molar-refractivity contribution >= 4 is 15.9 Å². The average molecular weight is 324 g/mol. The Bertz CT molecular complexity index is 444. The van der Waals surface area contributed by atoms with Gasteiger partial charge < -0.3 is 10.1 Å². The average Bonchev–Trinajstić information content (AvgIpc) is 2.40. The second-order valence-electron chi connectivity index (χ2n) is 4.98. The Kier molecular flexibility index (Phi) is 5.46. The van der Waals surface area contributed by atoms with Gasteiger partial charge in [-0.15, -0.1) is 0 Å². The highest BCUT2D eigenvalue weighted by atomic mass is 79.9. The third-order valence-corrected chi connectivity index (χ3v) is 3.93. The Morgan fingerprint density at radius 2 is 2.32 bits per heavy atom. The number of ether oxygens (including phenoxy) is 1. The number of benzene rings is 1. The van der Waals surface area contributed by atoms with Crippen LogP contribution < -0.4 is 10.1 Å². The first-order chi connectivity index (χ1) is 9.20. The van der Waals surface area contributed by atoms with Gasteiger partial charge in [0.05, 0.1) is 0 Å². The highest BCUT2D eigenvalue weighted by molar-refractivity contribution is 9.10. The smallest absolute Gasteiger partial charge is 0.126 e. The lowest BCUT2D eigenvalue weighted by atomic mass is 10.0. The summed E-state index contributed by atoms with van der Waals surface area (Å²) in [7, 11) is 0. The van der Waals surface area contributed by atoms with Crippen LogP contribution in [-0.4, -0.2) is 12.6 Å². The number of hydrogen-bond acceptors (Lipinski definition) is 2. The van der Waals surface area contributed by atoms with Crippen molar-refractivity contribution in [3.63, 3.8) is 0 Å². The number of hydrogen-bond donors (Lipinski definition) is 1. The fourth-order valence-corrected chi connectivity index (χ4v) is 2.77. The molecule has 1 N–H and O–H groups in total. The third-order valence-electron chi connectivity index (χ3n) is 3.44. The molecule has 2 unspecified atom stereocenters. The zero-order chi connectivity index (χ0) is 13.7. The van der Waals surface area contributed by atoms with Gasteiger partial charge in [0.25, 0.3) is 0 Å². The number of rotatable bonds is 5. The van der Waals surface area contributed by atoms with Gasteiger partial charge >= 0.3 is 0 Å². The van der Waals surface area contributed by atoms with Crippen LogP contribution in [0, 0.1) is 0 Å². The molecule has 0 spiro atoms. The van der Waals surface area contributed by atoms with E-state index in [9.17, 15) is 0 Å². The highest BCUT2D eigenvalue weighted by Crippen LogP contribution is 2.30. The second-order valence-corrected chi connectivity index (χ2v) is 5.89. The molecular formula is C16H22BrNO. The molecule has 19 heavy (non-hydrogen) atoms. The van der Waals surface area contributed by atoms with Gasteiger partial charge in [-0.1, -0.05) is 35.0 Å². The summed E-state index contributed by atoms with van der Waals surface area (Å²) in [6.45, 7) is 5.26. The van der Waals surface area contributed by atoms with E-state index in [1.165, 1.54) is 18.4 Å². The molecule has 1 aromatic carbocycles. The van der Waals surface area contributed by atoms with E-state index >= 15 is 0 Å². The van der Waals surface area contributed by atoms with Gasteiger partial charge in [-0.25, -0.2) is 0 Å². The van der Waals surface area contributed by atoms with Crippen molar-refractivity contribution in [2.45, 2.75) is 45.3 Å². The fourth-order valence-electron chi connectivity index (χ4n) is 2.43. The lowest BCUT2D eigenvalue weighted by Gasteiger charge is -2.23. The highest BCUT2D eigenvalue weighted by Gasteiger charge is 2.15. The van der Waals surface area contributed by atoms with Crippen molar-refractivity contribution in [2.75, 3.05) is 6.54 Å². The van der Waals surface area contributed by atoms with Crippen LogP contribution in [0.4, 0.5) is 0 Å². The molecule has 1 aliphatic carbocycles. The van der Waals surface area contributed by atoms with Crippen LogP contribution in [0.2, 0.25) is 0 Å². The zero-order valence-electron chi connectivity index (χ0n) is 11.7. The molecule has 2 nitrogen and oxygen atoms in total. The summed E-state index contributed by atoms with van der Waals surface area (Å²) in [5.41, 5.74) is 1.23. The second kappa shape index (κ2) is 7.11. The van der Waals surface area contributed by atoms with E-state index in [0.29, 0.717) is 6.04 Å². The molecule has 2 atom stereocenters. The van der Waals surface area contributed by atoms with Crippen molar-refractivity contribution < 1.29 is 4.74 Å². The van der Waals surface area contributed by atoms with Crippen LogP contribution >= 0.6 is 15.9 Å². The summed E-state index contributed by atoms with van der Waals surface area (Å²) < 4.78 is 7.24. The first-order valence-electron chi connectivity index (χ1n) is 7.07. The molecule has 0 aromatic heterocycles. The van der Waals surface area contributed by atoms with Crippen LogP contribution in [0.5, 0.6) is 5.75 Å². The lowest BCUT2D eigenvalue weighted by molar-refractivity contribution is 0.226. The number of allylic oxidation sites excluding steroid dienone is 1.